The molecule has 0 aromatic heterocycles. The van der Waals surface area contributed by atoms with Crippen LogP contribution >= 0.6 is 11.8 Å². The molecule has 0 amide bonds. The Hall–Kier alpha value is -0.470. The van der Waals surface area contributed by atoms with Crippen LogP contribution in [0.3, 0.4) is 0 Å². The van der Waals surface area contributed by atoms with E-state index in [2.05, 4.69) is 45.0 Å². The molecule has 1 fully saturated rings. The first-order chi connectivity index (χ1) is 7.09. The van der Waals surface area contributed by atoms with Crippen molar-refractivity contribution in [2.24, 2.45) is 0 Å². The monoisotopic (exact) mass is 222 g/mol. The molecule has 0 radical (unpaired) electrons. The highest BCUT2D eigenvalue weighted by atomic mass is 32.2. The average molecular weight is 222 g/mol. The van der Waals surface area contributed by atoms with E-state index in [4.69, 9.17) is 4.74 Å². The number of rotatable bonds is 4. The van der Waals surface area contributed by atoms with Gasteiger partial charge in [0.1, 0.15) is 0 Å². The van der Waals surface area contributed by atoms with Crippen molar-refractivity contribution in [3.8, 4) is 0 Å². The fourth-order valence-electron chi connectivity index (χ4n) is 1.39. The standard InChI is InChI=1S/C13H18OS/c1-10(2)11-4-6-12(7-5-11)15-9-13(3)8-14-13/h4-7,10H,8-9H2,1-3H3. The summed E-state index contributed by atoms with van der Waals surface area (Å²) in [5, 5.41) is 0. The van der Waals surface area contributed by atoms with E-state index in [1.165, 1.54) is 10.5 Å². The van der Waals surface area contributed by atoms with Crippen LogP contribution in [0.4, 0.5) is 0 Å². The van der Waals surface area contributed by atoms with Gasteiger partial charge in [-0.15, -0.1) is 11.8 Å². The SMILES string of the molecule is CC(C)c1ccc(SCC2(C)CO2)cc1. The highest BCUT2D eigenvalue weighted by Gasteiger charge is 2.38. The Morgan fingerprint density at radius 2 is 1.93 bits per heavy atom. The van der Waals surface area contributed by atoms with Crippen LogP contribution in [0.25, 0.3) is 0 Å². The minimum atomic E-state index is 0.154. The van der Waals surface area contributed by atoms with Gasteiger partial charge in [0, 0.05) is 10.6 Å². The van der Waals surface area contributed by atoms with Crippen LogP contribution in [0.2, 0.25) is 0 Å². The quantitative estimate of drug-likeness (QED) is 0.569. The Morgan fingerprint density at radius 3 is 2.40 bits per heavy atom. The molecule has 0 N–H and O–H groups in total. The van der Waals surface area contributed by atoms with Gasteiger partial charge < -0.3 is 4.74 Å². The second kappa shape index (κ2) is 4.18. The molecule has 1 aromatic rings. The van der Waals surface area contributed by atoms with Gasteiger partial charge in [0.25, 0.3) is 0 Å². The van der Waals surface area contributed by atoms with Crippen LogP contribution in [-0.4, -0.2) is 18.0 Å². The molecule has 15 heavy (non-hydrogen) atoms. The normalized spacial score (nSPS) is 24.5. The lowest BCUT2D eigenvalue weighted by Gasteiger charge is -2.07. The van der Waals surface area contributed by atoms with Gasteiger partial charge in [-0.2, -0.15) is 0 Å². The fourth-order valence-corrected chi connectivity index (χ4v) is 2.36. The number of ether oxygens (including phenoxy) is 1. The highest BCUT2D eigenvalue weighted by Crippen LogP contribution is 2.33. The topological polar surface area (TPSA) is 12.5 Å². The molecule has 1 atom stereocenters. The van der Waals surface area contributed by atoms with E-state index in [0.717, 1.165) is 12.4 Å². The van der Waals surface area contributed by atoms with Gasteiger partial charge in [-0.05, 0) is 30.5 Å². The second-order valence-electron chi connectivity index (χ2n) is 4.75. The Morgan fingerprint density at radius 1 is 1.33 bits per heavy atom. The molecule has 0 saturated carbocycles. The first-order valence-corrected chi connectivity index (χ1v) is 6.44. The lowest BCUT2D eigenvalue weighted by Crippen LogP contribution is -2.07. The highest BCUT2D eigenvalue weighted by molar-refractivity contribution is 7.99. The largest absolute Gasteiger partial charge is 0.369 e. The summed E-state index contributed by atoms with van der Waals surface area (Å²) >= 11 is 1.89. The number of epoxide rings is 1. The third-order valence-corrected chi connectivity index (χ3v) is 4.09. The summed E-state index contributed by atoms with van der Waals surface area (Å²) < 4.78 is 5.36. The minimum absolute atomic E-state index is 0.154. The third kappa shape index (κ3) is 2.99. The molecule has 1 heterocycles. The minimum Gasteiger partial charge on any atom is -0.369 e. The predicted octanol–water partition coefficient (Wildman–Crippen LogP) is 3.69. The number of hydrogen-bond acceptors (Lipinski definition) is 2. The van der Waals surface area contributed by atoms with Crippen molar-refractivity contribution in [1.29, 1.82) is 0 Å². The van der Waals surface area contributed by atoms with E-state index in [9.17, 15) is 0 Å². The number of benzene rings is 1. The molecule has 0 bridgehead atoms. The summed E-state index contributed by atoms with van der Waals surface area (Å²) in [5.74, 6) is 1.68. The van der Waals surface area contributed by atoms with Gasteiger partial charge in [-0.3, -0.25) is 0 Å². The van der Waals surface area contributed by atoms with Crippen molar-refractivity contribution in [3.05, 3.63) is 29.8 Å². The van der Waals surface area contributed by atoms with E-state index in [1.807, 2.05) is 11.8 Å². The molecule has 2 heteroatoms. The molecule has 2 rings (SSSR count). The summed E-state index contributed by atoms with van der Waals surface area (Å²) in [5.41, 5.74) is 1.56. The Labute approximate surface area is 96.2 Å². The number of hydrogen-bond donors (Lipinski definition) is 0. The van der Waals surface area contributed by atoms with Crippen molar-refractivity contribution >= 4 is 11.8 Å². The first-order valence-electron chi connectivity index (χ1n) is 5.46. The van der Waals surface area contributed by atoms with E-state index >= 15 is 0 Å². The molecular weight excluding hydrogens is 204 g/mol. The van der Waals surface area contributed by atoms with Crippen LogP contribution in [0, 0.1) is 0 Å². The zero-order valence-corrected chi connectivity index (χ0v) is 10.4. The molecular formula is C13H18OS. The molecule has 1 aliphatic rings. The van der Waals surface area contributed by atoms with Gasteiger partial charge in [0.2, 0.25) is 0 Å². The van der Waals surface area contributed by atoms with E-state index < -0.39 is 0 Å². The molecule has 1 nitrogen and oxygen atoms in total. The Bertz CT molecular complexity index is 325. The zero-order chi connectivity index (χ0) is 10.9. The summed E-state index contributed by atoms with van der Waals surface area (Å²) in [7, 11) is 0. The van der Waals surface area contributed by atoms with E-state index in [-0.39, 0.29) is 5.60 Å². The maximum Gasteiger partial charge on any atom is 0.0981 e. The predicted molar refractivity (Wildman–Crippen MR) is 65.6 cm³/mol. The van der Waals surface area contributed by atoms with Crippen molar-refractivity contribution < 1.29 is 4.74 Å². The van der Waals surface area contributed by atoms with Gasteiger partial charge in [0.05, 0.1) is 12.2 Å². The second-order valence-corrected chi connectivity index (χ2v) is 5.80. The van der Waals surface area contributed by atoms with E-state index in [0.29, 0.717) is 5.92 Å². The maximum absolute atomic E-state index is 5.36. The molecule has 0 aliphatic carbocycles. The number of thioether (sulfide) groups is 1. The Balaban J connectivity index is 1.92. The van der Waals surface area contributed by atoms with Crippen LogP contribution in [0.1, 0.15) is 32.3 Å². The molecule has 1 saturated heterocycles. The molecule has 1 unspecified atom stereocenters. The summed E-state index contributed by atoms with van der Waals surface area (Å²) in [4.78, 5) is 1.34. The summed E-state index contributed by atoms with van der Waals surface area (Å²) in [6.45, 7) is 7.54. The zero-order valence-electron chi connectivity index (χ0n) is 9.62. The molecule has 1 aliphatic heterocycles. The van der Waals surface area contributed by atoms with Crippen molar-refractivity contribution in [1.82, 2.24) is 0 Å². The third-order valence-electron chi connectivity index (χ3n) is 2.73. The summed E-state index contributed by atoms with van der Waals surface area (Å²) in [6, 6.07) is 8.88. The molecule has 0 spiro atoms. The van der Waals surface area contributed by atoms with Crippen LogP contribution < -0.4 is 0 Å². The van der Waals surface area contributed by atoms with Crippen LogP contribution in [0.5, 0.6) is 0 Å². The maximum atomic E-state index is 5.36. The van der Waals surface area contributed by atoms with Crippen molar-refractivity contribution in [2.75, 3.05) is 12.4 Å². The van der Waals surface area contributed by atoms with Gasteiger partial charge in [-0.1, -0.05) is 26.0 Å². The summed E-state index contributed by atoms with van der Waals surface area (Å²) in [6.07, 6.45) is 0. The van der Waals surface area contributed by atoms with Crippen LogP contribution in [-0.2, 0) is 4.74 Å². The van der Waals surface area contributed by atoms with Crippen LogP contribution in [0.15, 0.2) is 29.2 Å². The first kappa shape index (κ1) is 11.0. The van der Waals surface area contributed by atoms with E-state index in [1.54, 1.807) is 0 Å². The van der Waals surface area contributed by atoms with Gasteiger partial charge in [-0.25, -0.2) is 0 Å². The fraction of sp³-hybridized carbons (Fsp3) is 0.538. The lowest BCUT2D eigenvalue weighted by molar-refractivity contribution is 0.348. The Kier molecular flexibility index (Phi) is 3.08. The smallest absolute Gasteiger partial charge is 0.0981 e. The van der Waals surface area contributed by atoms with Gasteiger partial charge >= 0.3 is 0 Å². The molecule has 82 valence electrons. The average Bonchev–Trinajstić information content (AvgIpc) is 2.95. The molecule has 1 aromatic carbocycles. The van der Waals surface area contributed by atoms with Crippen molar-refractivity contribution in [2.45, 2.75) is 37.2 Å². The van der Waals surface area contributed by atoms with Crippen molar-refractivity contribution in [3.63, 3.8) is 0 Å². The van der Waals surface area contributed by atoms with Gasteiger partial charge in [0.15, 0.2) is 0 Å². The lowest BCUT2D eigenvalue weighted by atomic mass is 10.0.